The van der Waals surface area contributed by atoms with Crippen molar-refractivity contribution in [3.8, 4) is 0 Å². The number of amides is 2. The molecular weight excluding hydrogens is 308 g/mol. The maximum Gasteiger partial charge on any atom is 0.318 e. The van der Waals surface area contributed by atoms with E-state index in [1.54, 1.807) is 0 Å². The molecule has 0 saturated heterocycles. The average molecular weight is 335 g/mol. The third kappa shape index (κ3) is 4.63. The molecule has 1 aromatic rings. The lowest BCUT2D eigenvalue weighted by Crippen LogP contribution is -2.48. The summed E-state index contributed by atoms with van der Waals surface area (Å²) in [5, 5.41) is 4.03. The van der Waals surface area contributed by atoms with Gasteiger partial charge < -0.3 is 10.2 Å². The first-order valence-corrected chi connectivity index (χ1v) is 9.42. The van der Waals surface area contributed by atoms with Gasteiger partial charge in [-0.05, 0) is 43.4 Å². The van der Waals surface area contributed by atoms with Crippen LogP contribution in [0.25, 0.3) is 0 Å². The zero-order valence-electron chi connectivity index (χ0n) is 13.8. The molecule has 0 radical (unpaired) electrons. The first-order valence-electron chi connectivity index (χ1n) is 9.04. The van der Waals surface area contributed by atoms with E-state index in [0.717, 1.165) is 36.3 Å². The quantitative estimate of drug-likeness (QED) is 0.813. The second-order valence-electron chi connectivity index (χ2n) is 6.98. The Morgan fingerprint density at radius 2 is 1.61 bits per heavy atom. The SMILES string of the molecule is O=C(NC1CCCCC1)N(Cc1ccc(Cl)cc1)C1CCCC1. The van der Waals surface area contributed by atoms with Gasteiger partial charge in [0, 0.05) is 23.7 Å². The standard InChI is InChI=1S/C19H27ClN2O/c20-16-12-10-15(11-13-16)14-22(18-8-4-5-9-18)19(23)21-17-6-2-1-3-7-17/h10-13,17-18H,1-9,14H2,(H,21,23). The minimum Gasteiger partial charge on any atom is -0.335 e. The van der Waals surface area contributed by atoms with Crippen molar-refractivity contribution in [2.24, 2.45) is 0 Å². The molecule has 0 heterocycles. The second-order valence-corrected chi connectivity index (χ2v) is 7.41. The van der Waals surface area contributed by atoms with Crippen molar-refractivity contribution in [3.63, 3.8) is 0 Å². The summed E-state index contributed by atoms with van der Waals surface area (Å²) in [6.07, 6.45) is 10.8. The zero-order valence-corrected chi connectivity index (χ0v) is 14.5. The van der Waals surface area contributed by atoms with Crippen molar-refractivity contribution in [1.82, 2.24) is 10.2 Å². The Morgan fingerprint density at radius 1 is 1.00 bits per heavy atom. The second kappa shape index (κ2) is 8.05. The third-order valence-electron chi connectivity index (χ3n) is 5.23. The fraction of sp³-hybridized carbons (Fsp3) is 0.632. The fourth-order valence-corrected chi connectivity index (χ4v) is 4.00. The molecule has 3 rings (SSSR count). The third-order valence-corrected chi connectivity index (χ3v) is 5.48. The molecule has 0 aromatic heterocycles. The number of halogens is 1. The summed E-state index contributed by atoms with van der Waals surface area (Å²) in [7, 11) is 0. The van der Waals surface area contributed by atoms with Gasteiger partial charge in [0.25, 0.3) is 0 Å². The molecule has 3 nitrogen and oxygen atoms in total. The number of rotatable bonds is 4. The maximum atomic E-state index is 12.9. The molecule has 2 saturated carbocycles. The normalized spacial score (nSPS) is 19.7. The number of hydrogen-bond acceptors (Lipinski definition) is 1. The van der Waals surface area contributed by atoms with Crippen LogP contribution < -0.4 is 5.32 Å². The Labute approximate surface area is 144 Å². The summed E-state index contributed by atoms with van der Waals surface area (Å²) in [6, 6.07) is 8.74. The molecule has 0 aliphatic heterocycles. The molecule has 126 valence electrons. The van der Waals surface area contributed by atoms with Crippen LogP contribution in [0.1, 0.15) is 63.4 Å². The molecule has 2 aliphatic carbocycles. The summed E-state index contributed by atoms with van der Waals surface area (Å²) >= 11 is 5.97. The predicted octanol–water partition coefficient (Wildman–Crippen LogP) is 5.13. The van der Waals surface area contributed by atoms with Crippen LogP contribution in [-0.2, 0) is 6.54 Å². The smallest absolute Gasteiger partial charge is 0.318 e. The maximum absolute atomic E-state index is 12.9. The summed E-state index contributed by atoms with van der Waals surface area (Å²) in [5.41, 5.74) is 1.15. The summed E-state index contributed by atoms with van der Waals surface area (Å²) in [6.45, 7) is 0.681. The molecule has 0 unspecified atom stereocenters. The fourth-order valence-electron chi connectivity index (χ4n) is 3.87. The predicted molar refractivity (Wildman–Crippen MR) is 94.7 cm³/mol. The molecule has 0 bridgehead atoms. The van der Waals surface area contributed by atoms with E-state index in [4.69, 9.17) is 11.6 Å². The van der Waals surface area contributed by atoms with E-state index in [2.05, 4.69) is 10.2 Å². The van der Waals surface area contributed by atoms with Crippen molar-refractivity contribution in [3.05, 3.63) is 34.9 Å². The van der Waals surface area contributed by atoms with Crippen LogP contribution >= 0.6 is 11.6 Å². The van der Waals surface area contributed by atoms with E-state index >= 15 is 0 Å². The lowest BCUT2D eigenvalue weighted by Gasteiger charge is -2.32. The highest BCUT2D eigenvalue weighted by atomic mass is 35.5. The van der Waals surface area contributed by atoms with Crippen molar-refractivity contribution in [1.29, 1.82) is 0 Å². The van der Waals surface area contributed by atoms with Crippen LogP contribution in [0.4, 0.5) is 4.79 Å². The first-order chi connectivity index (χ1) is 11.2. The zero-order chi connectivity index (χ0) is 16.1. The van der Waals surface area contributed by atoms with E-state index in [1.165, 1.54) is 32.1 Å². The minimum absolute atomic E-state index is 0.124. The van der Waals surface area contributed by atoms with Crippen molar-refractivity contribution >= 4 is 17.6 Å². The summed E-state index contributed by atoms with van der Waals surface area (Å²) < 4.78 is 0. The average Bonchev–Trinajstić information content (AvgIpc) is 3.09. The van der Waals surface area contributed by atoms with Crippen LogP contribution in [0.3, 0.4) is 0 Å². The number of carbonyl (C=O) groups is 1. The van der Waals surface area contributed by atoms with E-state index in [9.17, 15) is 4.79 Å². The Kier molecular flexibility index (Phi) is 5.82. The Hall–Kier alpha value is -1.22. The van der Waals surface area contributed by atoms with Gasteiger partial charge in [-0.3, -0.25) is 0 Å². The van der Waals surface area contributed by atoms with Crippen LogP contribution in [0.15, 0.2) is 24.3 Å². The lowest BCUT2D eigenvalue weighted by molar-refractivity contribution is 0.164. The Balaban J connectivity index is 1.66. The summed E-state index contributed by atoms with van der Waals surface area (Å²) in [4.78, 5) is 14.9. The largest absolute Gasteiger partial charge is 0.335 e. The van der Waals surface area contributed by atoms with Crippen molar-refractivity contribution in [2.75, 3.05) is 0 Å². The van der Waals surface area contributed by atoms with E-state index in [0.29, 0.717) is 18.6 Å². The molecule has 0 atom stereocenters. The monoisotopic (exact) mass is 334 g/mol. The molecule has 2 aliphatic rings. The molecule has 1 N–H and O–H groups in total. The van der Waals surface area contributed by atoms with Crippen LogP contribution in [-0.4, -0.2) is 23.0 Å². The van der Waals surface area contributed by atoms with Crippen LogP contribution in [0.2, 0.25) is 5.02 Å². The van der Waals surface area contributed by atoms with E-state index in [1.807, 2.05) is 24.3 Å². The van der Waals surface area contributed by atoms with E-state index in [-0.39, 0.29) is 6.03 Å². The number of carbonyl (C=O) groups excluding carboxylic acids is 1. The Bertz CT molecular complexity index is 505. The number of nitrogens with one attached hydrogen (secondary N) is 1. The van der Waals surface area contributed by atoms with Crippen LogP contribution in [0, 0.1) is 0 Å². The van der Waals surface area contributed by atoms with E-state index < -0.39 is 0 Å². The first kappa shape index (κ1) is 16.6. The highest BCUT2D eigenvalue weighted by molar-refractivity contribution is 6.30. The minimum atomic E-state index is 0.124. The molecule has 23 heavy (non-hydrogen) atoms. The van der Waals surface area contributed by atoms with Gasteiger partial charge in [0.05, 0.1) is 0 Å². The number of nitrogens with zero attached hydrogens (tertiary/aromatic N) is 1. The molecule has 4 heteroatoms. The Morgan fingerprint density at radius 3 is 2.26 bits per heavy atom. The van der Waals surface area contributed by atoms with Gasteiger partial charge in [-0.1, -0.05) is 55.8 Å². The number of hydrogen-bond donors (Lipinski definition) is 1. The highest BCUT2D eigenvalue weighted by Gasteiger charge is 2.28. The van der Waals surface area contributed by atoms with Gasteiger partial charge in [0.1, 0.15) is 0 Å². The number of benzene rings is 1. The lowest BCUT2D eigenvalue weighted by atomic mass is 9.96. The molecule has 1 aromatic carbocycles. The molecule has 2 amide bonds. The van der Waals surface area contributed by atoms with Gasteiger partial charge in [-0.25, -0.2) is 4.79 Å². The molecular formula is C19H27ClN2O. The van der Waals surface area contributed by atoms with Crippen molar-refractivity contribution < 1.29 is 4.79 Å². The highest BCUT2D eigenvalue weighted by Crippen LogP contribution is 2.26. The number of urea groups is 1. The molecule has 2 fully saturated rings. The van der Waals surface area contributed by atoms with Gasteiger partial charge in [-0.2, -0.15) is 0 Å². The van der Waals surface area contributed by atoms with Crippen LogP contribution in [0.5, 0.6) is 0 Å². The summed E-state index contributed by atoms with van der Waals surface area (Å²) in [5.74, 6) is 0. The van der Waals surface area contributed by atoms with Crippen molar-refractivity contribution in [2.45, 2.75) is 76.4 Å². The van der Waals surface area contributed by atoms with Gasteiger partial charge in [0.2, 0.25) is 0 Å². The van der Waals surface area contributed by atoms with Gasteiger partial charge >= 0.3 is 6.03 Å². The van der Waals surface area contributed by atoms with Gasteiger partial charge in [0.15, 0.2) is 0 Å². The molecule has 0 spiro atoms. The van der Waals surface area contributed by atoms with Gasteiger partial charge in [-0.15, -0.1) is 0 Å². The topological polar surface area (TPSA) is 32.3 Å².